The van der Waals surface area contributed by atoms with E-state index in [0.717, 1.165) is 37.4 Å². The summed E-state index contributed by atoms with van der Waals surface area (Å²) in [5.74, 6) is 0.906. The molecule has 1 aliphatic heterocycles. The van der Waals surface area contributed by atoms with Crippen LogP contribution in [-0.2, 0) is 0 Å². The maximum absolute atomic E-state index is 5.93. The molecule has 90 valence electrons. The first-order valence-electron chi connectivity index (χ1n) is 6.07. The van der Waals surface area contributed by atoms with Crippen LogP contribution in [0.4, 0.5) is 0 Å². The van der Waals surface area contributed by atoms with Crippen molar-refractivity contribution in [1.82, 2.24) is 15.1 Å². The molecule has 0 spiro atoms. The Morgan fingerprint density at radius 3 is 2.62 bits per heavy atom. The van der Waals surface area contributed by atoms with E-state index >= 15 is 0 Å². The van der Waals surface area contributed by atoms with Crippen LogP contribution in [0.3, 0.4) is 0 Å². The van der Waals surface area contributed by atoms with Crippen LogP contribution in [0.1, 0.15) is 32.4 Å². The molecule has 2 heterocycles. The van der Waals surface area contributed by atoms with Crippen molar-refractivity contribution in [1.29, 1.82) is 0 Å². The van der Waals surface area contributed by atoms with Crippen LogP contribution >= 0.6 is 0 Å². The molecule has 0 aliphatic carbocycles. The van der Waals surface area contributed by atoms with Gasteiger partial charge in [-0.05, 0) is 33.6 Å². The number of H-pyrrole nitrogens is 1. The van der Waals surface area contributed by atoms with E-state index in [2.05, 4.69) is 28.9 Å². The van der Waals surface area contributed by atoms with Gasteiger partial charge in [0.05, 0.1) is 11.9 Å². The van der Waals surface area contributed by atoms with Crippen LogP contribution in [0.5, 0.6) is 5.75 Å². The fourth-order valence-electron chi connectivity index (χ4n) is 2.15. The summed E-state index contributed by atoms with van der Waals surface area (Å²) in [6.45, 7) is 8.77. The van der Waals surface area contributed by atoms with Crippen LogP contribution in [0, 0.1) is 6.92 Å². The Hall–Kier alpha value is -1.03. The molecule has 1 N–H and O–H groups in total. The number of aromatic amines is 1. The zero-order valence-electron chi connectivity index (χ0n) is 10.4. The second kappa shape index (κ2) is 4.87. The summed E-state index contributed by atoms with van der Waals surface area (Å²) in [6.07, 6.45) is 4.35. The third-order valence-corrected chi connectivity index (χ3v) is 3.28. The van der Waals surface area contributed by atoms with E-state index in [1.165, 1.54) is 0 Å². The van der Waals surface area contributed by atoms with Crippen molar-refractivity contribution >= 4 is 0 Å². The van der Waals surface area contributed by atoms with Gasteiger partial charge in [-0.1, -0.05) is 0 Å². The smallest absolute Gasteiger partial charge is 0.160 e. The lowest BCUT2D eigenvalue weighted by Gasteiger charge is -2.34. The number of aromatic nitrogens is 2. The van der Waals surface area contributed by atoms with Crippen molar-refractivity contribution in [2.24, 2.45) is 0 Å². The molecule has 2 rings (SSSR count). The van der Waals surface area contributed by atoms with Gasteiger partial charge in [0.2, 0.25) is 0 Å². The number of ether oxygens (including phenoxy) is 1. The molecule has 0 bridgehead atoms. The van der Waals surface area contributed by atoms with Crippen LogP contribution in [-0.4, -0.2) is 40.3 Å². The van der Waals surface area contributed by atoms with E-state index in [9.17, 15) is 0 Å². The first-order valence-corrected chi connectivity index (χ1v) is 6.07. The fourth-order valence-corrected chi connectivity index (χ4v) is 2.15. The van der Waals surface area contributed by atoms with Gasteiger partial charge < -0.3 is 9.64 Å². The molecule has 0 atom stereocenters. The molecule has 4 nitrogen and oxygen atoms in total. The monoisotopic (exact) mass is 223 g/mol. The van der Waals surface area contributed by atoms with E-state index in [1.54, 1.807) is 6.20 Å². The van der Waals surface area contributed by atoms with Gasteiger partial charge in [0.25, 0.3) is 0 Å². The number of hydrogen-bond acceptors (Lipinski definition) is 3. The normalized spacial score (nSPS) is 19.2. The van der Waals surface area contributed by atoms with Gasteiger partial charge in [-0.2, -0.15) is 5.10 Å². The molecule has 1 aromatic rings. The standard InChI is InChI=1S/C12H21N3O/c1-9(2)15-6-4-11(5-7-15)16-12-8-13-14-10(12)3/h8-9,11H,4-7H2,1-3H3,(H,13,14). The second-order valence-corrected chi connectivity index (χ2v) is 4.81. The van der Waals surface area contributed by atoms with Crippen LogP contribution in [0.25, 0.3) is 0 Å². The SMILES string of the molecule is Cc1[nH]ncc1OC1CCN(C(C)C)CC1. The minimum Gasteiger partial charge on any atom is -0.487 e. The van der Waals surface area contributed by atoms with Gasteiger partial charge >= 0.3 is 0 Å². The number of nitrogens with one attached hydrogen (secondary N) is 1. The first kappa shape index (κ1) is 11.5. The number of rotatable bonds is 3. The van der Waals surface area contributed by atoms with E-state index in [4.69, 9.17) is 4.74 Å². The molecule has 16 heavy (non-hydrogen) atoms. The van der Waals surface area contributed by atoms with E-state index < -0.39 is 0 Å². The van der Waals surface area contributed by atoms with Gasteiger partial charge in [0, 0.05) is 19.1 Å². The van der Waals surface area contributed by atoms with Gasteiger partial charge in [-0.15, -0.1) is 0 Å². The molecule has 4 heteroatoms. The lowest BCUT2D eigenvalue weighted by atomic mass is 10.1. The Morgan fingerprint density at radius 2 is 2.12 bits per heavy atom. The maximum atomic E-state index is 5.93. The molecular weight excluding hydrogens is 202 g/mol. The van der Waals surface area contributed by atoms with Crippen molar-refractivity contribution in [3.8, 4) is 5.75 Å². The molecule has 0 saturated carbocycles. The Bertz CT molecular complexity index is 327. The van der Waals surface area contributed by atoms with E-state index in [1.807, 2.05) is 6.92 Å². The predicted octanol–water partition coefficient (Wildman–Crippen LogP) is 1.97. The minimum atomic E-state index is 0.353. The van der Waals surface area contributed by atoms with Gasteiger partial charge in [-0.3, -0.25) is 5.10 Å². The average molecular weight is 223 g/mol. The van der Waals surface area contributed by atoms with Crippen molar-refractivity contribution in [2.75, 3.05) is 13.1 Å². The molecule has 0 aromatic carbocycles. The molecule has 0 amide bonds. The van der Waals surface area contributed by atoms with Crippen molar-refractivity contribution in [2.45, 2.75) is 45.8 Å². The fraction of sp³-hybridized carbons (Fsp3) is 0.750. The molecule has 0 radical (unpaired) electrons. The zero-order valence-corrected chi connectivity index (χ0v) is 10.4. The van der Waals surface area contributed by atoms with Gasteiger partial charge in [-0.25, -0.2) is 0 Å². The molecular formula is C12H21N3O. The highest BCUT2D eigenvalue weighted by molar-refractivity contribution is 5.22. The maximum Gasteiger partial charge on any atom is 0.160 e. The number of likely N-dealkylation sites (tertiary alicyclic amines) is 1. The molecule has 1 saturated heterocycles. The molecule has 1 aromatic heterocycles. The highest BCUT2D eigenvalue weighted by atomic mass is 16.5. The van der Waals surface area contributed by atoms with Gasteiger partial charge in [0.15, 0.2) is 5.75 Å². The summed E-state index contributed by atoms with van der Waals surface area (Å²) in [6, 6.07) is 0.650. The van der Waals surface area contributed by atoms with Crippen LogP contribution < -0.4 is 4.74 Å². The second-order valence-electron chi connectivity index (χ2n) is 4.81. The highest BCUT2D eigenvalue weighted by Crippen LogP contribution is 2.21. The summed E-state index contributed by atoms with van der Waals surface area (Å²) in [5.41, 5.74) is 1.02. The predicted molar refractivity (Wildman–Crippen MR) is 63.7 cm³/mol. The van der Waals surface area contributed by atoms with Gasteiger partial charge in [0.1, 0.15) is 6.10 Å². The van der Waals surface area contributed by atoms with Crippen molar-refractivity contribution in [3.05, 3.63) is 11.9 Å². The van der Waals surface area contributed by atoms with Crippen LogP contribution in [0.15, 0.2) is 6.20 Å². The van der Waals surface area contributed by atoms with E-state index in [0.29, 0.717) is 12.1 Å². The molecule has 1 aliphatic rings. The molecule has 1 fully saturated rings. The Labute approximate surface area is 97.0 Å². The van der Waals surface area contributed by atoms with E-state index in [-0.39, 0.29) is 0 Å². The summed E-state index contributed by atoms with van der Waals surface area (Å²) in [7, 11) is 0. The summed E-state index contributed by atoms with van der Waals surface area (Å²) < 4.78 is 5.93. The lowest BCUT2D eigenvalue weighted by molar-refractivity contribution is 0.0839. The number of hydrogen-bond donors (Lipinski definition) is 1. The number of piperidine rings is 1. The highest BCUT2D eigenvalue weighted by Gasteiger charge is 2.22. The van der Waals surface area contributed by atoms with Crippen molar-refractivity contribution < 1.29 is 4.74 Å². The Kier molecular flexibility index (Phi) is 3.49. The minimum absolute atomic E-state index is 0.353. The average Bonchev–Trinajstić information content (AvgIpc) is 2.65. The number of nitrogens with zero attached hydrogens (tertiary/aromatic N) is 2. The van der Waals surface area contributed by atoms with Crippen LogP contribution in [0.2, 0.25) is 0 Å². The third kappa shape index (κ3) is 2.55. The zero-order chi connectivity index (χ0) is 11.5. The lowest BCUT2D eigenvalue weighted by Crippen LogP contribution is -2.41. The molecule has 0 unspecified atom stereocenters. The number of aryl methyl sites for hydroxylation is 1. The Morgan fingerprint density at radius 1 is 1.44 bits per heavy atom. The quantitative estimate of drug-likeness (QED) is 0.851. The summed E-state index contributed by atoms with van der Waals surface area (Å²) in [4.78, 5) is 2.50. The Balaban J connectivity index is 1.84. The first-order chi connectivity index (χ1) is 7.66. The topological polar surface area (TPSA) is 41.1 Å². The van der Waals surface area contributed by atoms with Crippen molar-refractivity contribution in [3.63, 3.8) is 0 Å². The summed E-state index contributed by atoms with van der Waals surface area (Å²) >= 11 is 0. The third-order valence-electron chi connectivity index (χ3n) is 3.28. The largest absolute Gasteiger partial charge is 0.487 e. The summed E-state index contributed by atoms with van der Waals surface area (Å²) in [5, 5.41) is 6.87.